The van der Waals surface area contributed by atoms with Gasteiger partial charge in [-0.05, 0) is 72.0 Å². The van der Waals surface area contributed by atoms with Gasteiger partial charge in [0.15, 0.2) is 5.71 Å². The Bertz CT molecular complexity index is 1370. The maximum Gasteiger partial charge on any atom is 0.357 e. The number of carbonyl (C=O) groups excluding carboxylic acids is 1. The van der Waals surface area contributed by atoms with Gasteiger partial charge in [0.25, 0.3) is 5.91 Å². The van der Waals surface area contributed by atoms with Crippen molar-refractivity contribution >= 4 is 40.7 Å². The minimum atomic E-state index is -1.24. The third-order valence-corrected chi connectivity index (χ3v) is 6.29. The number of rotatable bonds is 6. The van der Waals surface area contributed by atoms with Crippen molar-refractivity contribution in [1.82, 2.24) is 0 Å². The zero-order valence-electron chi connectivity index (χ0n) is 19.4. The summed E-state index contributed by atoms with van der Waals surface area (Å²) in [7, 11) is 0. The SMILES string of the molecule is CCc1ccc(N2CCc3cc(/C=C/C=C4\C(=O)N(c5ccccc5)N=C4C(=O)O)ccc32)cc1. The number of fused-ring (bicyclic) bond motifs is 1. The molecule has 3 aromatic carbocycles. The molecule has 2 heterocycles. The maximum atomic E-state index is 12.9. The number of para-hydroxylation sites is 1. The van der Waals surface area contributed by atoms with Crippen molar-refractivity contribution in [3.8, 4) is 0 Å². The molecule has 0 spiro atoms. The van der Waals surface area contributed by atoms with Crippen LogP contribution >= 0.6 is 0 Å². The molecule has 0 atom stereocenters. The van der Waals surface area contributed by atoms with E-state index < -0.39 is 11.9 Å². The standard InChI is InChI=1S/C29H25N3O3/c1-2-20-11-14-23(15-12-20)31-18-17-22-19-21(13-16-26(22)31)7-6-10-25-27(29(34)35)30-32(28(25)33)24-8-4-3-5-9-24/h3-16,19H,2,17-18H2,1H3,(H,34,35)/b7-6+,25-10-. The molecule has 35 heavy (non-hydrogen) atoms. The Morgan fingerprint density at radius 1 is 1.03 bits per heavy atom. The molecule has 0 aromatic heterocycles. The number of hydrogen-bond donors (Lipinski definition) is 1. The van der Waals surface area contributed by atoms with Crippen LogP contribution < -0.4 is 9.91 Å². The van der Waals surface area contributed by atoms with E-state index >= 15 is 0 Å². The van der Waals surface area contributed by atoms with Crippen LogP contribution in [0.15, 0.2) is 95.6 Å². The van der Waals surface area contributed by atoms with Crippen LogP contribution in [0, 0.1) is 0 Å². The van der Waals surface area contributed by atoms with Gasteiger partial charge in [-0.15, -0.1) is 0 Å². The molecule has 1 N–H and O–H groups in total. The van der Waals surface area contributed by atoms with Crippen LogP contribution in [0.4, 0.5) is 17.1 Å². The zero-order valence-corrected chi connectivity index (χ0v) is 19.4. The Kier molecular flexibility index (Phi) is 6.02. The van der Waals surface area contributed by atoms with Gasteiger partial charge in [-0.25, -0.2) is 4.79 Å². The quantitative estimate of drug-likeness (QED) is 0.499. The highest BCUT2D eigenvalue weighted by molar-refractivity contribution is 6.52. The number of carbonyl (C=O) groups is 2. The Balaban J connectivity index is 1.35. The summed E-state index contributed by atoms with van der Waals surface area (Å²) in [6, 6.07) is 23.8. The summed E-state index contributed by atoms with van der Waals surface area (Å²) in [5, 5.41) is 14.7. The Labute approximate surface area is 204 Å². The van der Waals surface area contributed by atoms with Gasteiger partial charge >= 0.3 is 5.97 Å². The number of anilines is 3. The molecule has 0 saturated heterocycles. The third kappa shape index (κ3) is 4.38. The van der Waals surface area contributed by atoms with Gasteiger partial charge in [0.05, 0.1) is 11.3 Å². The van der Waals surface area contributed by atoms with Crippen LogP contribution in [0.5, 0.6) is 0 Å². The van der Waals surface area contributed by atoms with Gasteiger partial charge in [-0.2, -0.15) is 10.1 Å². The third-order valence-electron chi connectivity index (χ3n) is 6.29. The van der Waals surface area contributed by atoms with E-state index in [-0.39, 0.29) is 11.3 Å². The van der Waals surface area contributed by atoms with Crippen molar-refractivity contribution in [3.05, 3.63) is 107 Å². The molecule has 6 heteroatoms. The van der Waals surface area contributed by atoms with Crippen LogP contribution in [-0.4, -0.2) is 29.2 Å². The summed E-state index contributed by atoms with van der Waals surface area (Å²) >= 11 is 0. The van der Waals surface area contributed by atoms with Crippen molar-refractivity contribution in [2.45, 2.75) is 19.8 Å². The topological polar surface area (TPSA) is 73.2 Å². The van der Waals surface area contributed by atoms with Crippen molar-refractivity contribution in [3.63, 3.8) is 0 Å². The molecule has 0 aliphatic carbocycles. The molecular formula is C29H25N3O3. The molecule has 0 fully saturated rings. The largest absolute Gasteiger partial charge is 0.476 e. The lowest BCUT2D eigenvalue weighted by Crippen LogP contribution is -2.22. The number of hydrogen-bond acceptors (Lipinski definition) is 4. The first-order valence-electron chi connectivity index (χ1n) is 11.6. The van der Waals surface area contributed by atoms with E-state index in [2.05, 4.69) is 53.3 Å². The van der Waals surface area contributed by atoms with Gasteiger partial charge in [0.1, 0.15) is 0 Å². The number of allylic oxidation sites excluding steroid dienone is 2. The normalized spacial score (nSPS) is 16.3. The summed E-state index contributed by atoms with van der Waals surface area (Å²) in [5.41, 5.74) is 6.29. The molecule has 3 aromatic rings. The summed E-state index contributed by atoms with van der Waals surface area (Å²) < 4.78 is 0. The molecule has 0 bridgehead atoms. The fourth-order valence-electron chi connectivity index (χ4n) is 4.43. The predicted octanol–water partition coefficient (Wildman–Crippen LogP) is 5.37. The predicted molar refractivity (Wildman–Crippen MR) is 139 cm³/mol. The van der Waals surface area contributed by atoms with Gasteiger partial charge < -0.3 is 10.0 Å². The molecule has 5 rings (SSSR count). The highest BCUT2D eigenvalue weighted by atomic mass is 16.4. The fraction of sp³-hybridized carbons (Fsp3) is 0.138. The average Bonchev–Trinajstić information content (AvgIpc) is 3.45. The zero-order chi connectivity index (χ0) is 24.4. The molecular weight excluding hydrogens is 438 g/mol. The maximum absolute atomic E-state index is 12.9. The number of aryl methyl sites for hydroxylation is 1. The van der Waals surface area contributed by atoms with Crippen LogP contribution in [0.1, 0.15) is 23.6 Å². The summed E-state index contributed by atoms with van der Waals surface area (Å²) in [6.07, 6.45) is 7.08. The van der Waals surface area contributed by atoms with E-state index in [1.807, 2.05) is 18.2 Å². The van der Waals surface area contributed by atoms with E-state index in [1.165, 1.54) is 28.6 Å². The lowest BCUT2D eigenvalue weighted by atomic mass is 10.1. The number of hydrazone groups is 1. The van der Waals surface area contributed by atoms with E-state index in [1.54, 1.807) is 30.3 Å². The first-order chi connectivity index (χ1) is 17.0. The second-order valence-electron chi connectivity index (χ2n) is 8.46. The molecule has 0 radical (unpaired) electrons. The van der Waals surface area contributed by atoms with E-state index in [0.29, 0.717) is 5.69 Å². The second-order valence-corrected chi connectivity index (χ2v) is 8.46. The highest BCUT2D eigenvalue weighted by Crippen LogP contribution is 2.35. The second kappa shape index (κ2) is 9.43. The lowest BCUT2D eigenvalue weighted by molar-refractivity contribution is -0.129. The first-order valence-corrected chi connectivity index (χ1v) is 11.6. The monoisotopic (exact) mass is 463 g/mol. The van der Waals surface area contributed by atoms with Gasteiger partial charge in [0, 0.05) is 17.9 Å². The fourth-order valence-corrected chi connectivity index (χ4v) is 4.43. The number of nitrogens with zero attached hydrogens (tertiary/aromatic N) is 3. The van der Waals surface area contributed by atoms with Crippen molar-refractivity contribution in [1.29, 1.82) is 0 Å². The molecule has 1 amide bonds. The smallest absolute Gasteiger partial charge is 0.357 e. The minimum absolute atomic E-state index is 0.0560. The number of benzene rings is 3. The Morgan fingerprint density at radius 3 is 2.51 bits per heavy atom. The first kappa shape index (κ1) is 22.3. The number of carboxylic acid groups (broad SMARTS) is 1. The summed E-state index contributed by atoms with van der Waals surface area (Å²) in [5.74, 6) is -1.70. The minimum Gasteiger partial charge on any atom is -0.476 e. The highest BCUT2D eigenvalue weighted by Gasteiger charge is 2.34. The molecule has 174 valence electrons. The van der Waals surface area contributed by atoms with Crippen LogP contribution in [-0.2, 0) is 22.4 Å². The summed E-state index contributed by atoms with van der Waals surface area (Å²) in [6.45, 7) is 3.09. The lowest BCUT2D eigenvalue weighted by Gasteiger charge is -2.20. The van der Waals surface area contributed by atoms with Crippen LogP contribution in [0.2, 0.25) is 0 Å². The Morgan fingerprint density at radius 2 is 1.80 bits per heavy atom. The van der Waals surface area contributed by atoms with Gasteiger partial charge in [0.2, 0.25) is 0 Å². The van der Waals surface area contributed by atoms with E-state index in [4.69, 9.17) is 0 Å². The van der Waals surface area contributed by atoms with Gasteiger partial charge in [-0.3, -0.25) is 4.79 Å². The van der Waals surface area contributed by atoms with E-state index in [9.17, 15) is 14.7 Å². The van der Waals surface area contributed by atoms with Crippen LogP contribution in [0.3, 0.4) is 0 Å². The molecule has 0 saturated carbocycles. The van der Waals surface area contributed by atoms with E-state index in [0.717, 1.165) is 30.0 Å². The number of aliphatic carboxylic acids is 1. The summed E-state index contributed by atoms with van der Waals surface area (Å²) in [4.78, 5) is 26.9. The van der Waals surface area contributed by atoms with Crippen molar-refractivity contribution in [2.75, 3.05) is 16.5 Å². The molecule has 6 nitrogen and oxygen atoms in total. The Hall–Kier alpha value is -4.45. The van der Waals surface area contributed by atoms with Crippen molar-refractivity contribution in [2.24, 2.45) is 5.10 Å². The molecule has 2 aliphatic rings. The number of amides is 1. The van der Waals surface area contributed by atoms with Crippen LogP contribution in [0.25, 0.3) is 6.08 Å². The molecule has 0 unspecified atom stereocenters. The average molecular weight is 464 g/mol. The van der Waals surface area contributed by atoms with Crippen molar-refractivity contribution < 1.29 is 14.7 Å². The number of carboxylic acids is 1. The molecule has 2 aliphatic heterocycles. The van der Waals surface area contributed by atoms with Gasteiger partial charge in [-0.1, -0.05) is 55.5 Å².